The summed E-state index contributed by atoms with van der Waals surface area (Å²) in [7, 11) is 0. The van der Waals surface area contributed by atoms with E-state index < -0.39 is 0 Å². The van der Waals surface area contributed by atoms with Crippen molar-refractivity contribution in [2.24, 2.45) is 0 Å². The summed E-state index contributed by atoms with van der Waals surface area (Å²) in [6, 6.07) is 0. The molecule has 11 heteroatoms. The molecule has 0 amide bonds. The van der Waals surface area contributed by atoms with Gasteiger partial charge in [-0.15, -0.1) is 0 Å². The molecule has 0 fully saturated rings. The van der Waals surface area contributed by atoms with Gasteiger partial charge in [-0.05, 0) is 0 Å². The molecule has 11 heavy (non-hydrogen) atoms. The summed E-state index contributed by atoms with van der Waals surface area (Å²) in [5, 5.41) is 0. The third-order valence-corrected chi connectivity index (χ3v) is 0. The second kappa shape index (κ2) is 84.6. The van der Waals surface area contributed by atoms with Gasteiger partial charge in [0.2, 0.25) is 0 Å². The van der Waals surface area contributed by atoms with Gasteiger partial charge in [0.1, 0.15) is 0 Å². The predicted molar refractivity (Wildman–Crippen MR) is 42.3 cm³/mol. The Kier molecular flexibility index (Phi) is 773. The molecule has 0 radical (unpaired) electrons. The molecule has 0 spiro atoms. The molecule has 0 aliphatic heterocycles. The molecule has 0 heterocycles. The Hall–Kier alpha value is 7.51. The van der Waals surface area contributed by atoms with Crippen molar-refractivity contribution in [1.82, 2.24) is 0 Å². The van der Waals surface area contributed by atoms with Crippen LogP contribution in [0.4, 0.5) is 0 Å². The number of rotatable bonds is 0. The normalized spacial score (nSPS) is 0. The Labute approximate surface area is 245 Å². The molecule has 0 aromatic rings. The summed E-state index contributed by atoms with van der Waals surface area (Å²) >= 11 is 0. The first kappa shape index (κ1) is 101. The minimum absolute atomic E-state index is 0. The molecule has 0 aliphatic rings. The van der Waals surface area contributed by atoms with Gasteiger partial charge in [-0.2, -0.15) is 0 Å². The maximum Gasteiger partial charge on any atom is 2.00 e. The maximum absolute atomic E-state index is 0. The first-order valence-corrected chi connectivity index (χ1v) is 0. The fraction of sp³-hybridized carbons (Fsp3) is 0. The van der Waals surface area contributed by atoms with Crippen LogP contribution >= 0.6 is 0 Å². The van der Waals surface area contributed by atoms with Gasteiger partial charge in [0.25, 0.3) is 0 Å². The van der Waals surface area contributed by atoms with Gasteiger partial charge in [0.05, 0.1) is 0 Å². The summed E-state index contributed by atoms with van der Waals surface area (Å²) < 4.78 is 0. The Balaban J connectivity index is 0. The van der Waals surface area contributed by atoms with Crippen LogP contribution in [0.15, 0.2) is 0 Å². The zero-order valence-corrected chi connectivity index (χ0v) is 26.7. The standard InChI is InChI=1S/2Ba.2Na.2O.4S.U/q2*+2;2*+1;6*-2;. The van der Waals surface area contributed by atoms with Crippen LogP contribution in [-0.2, 0) is 64.9 Å². The molecule has 0 aliphatic carbocycles. The van der Waals surface area contributed by atoms with Crippen LogP contribution in [0.1, 0.15) is 0 Å². The van der Waals surface area contributed by atoms with Crippen LogP contribution in [0.25, 0.3) is 0 Å². The fourth-order valence-corrected chi connectivity index (χ4v) is 0. The molecule has 52 valence electrons. The van der Waals surface area contributed by atoms with Gasteiger partial charge in [0, 0.05) is 31.1 Å². The van der Waals surface area contributed by atoms with Crippen molar-refractivity contribution in [3.05, 3.63) is 0 Å². The minimum atomic E-state index is 0. The first-order chi connectivity index (χ1) is 0. The molecule has 0 rings (SSSR count). The summed E-state index contributed by atoms with van der Waals surface area (Å²) in [6.45, 7) is 0. The van der Waals surface area contributed by atoms with E-state index >= 15 is 0 Å². The third-order valence-electron chi connectivity index (χ3n) is 0. The van der Waals surface area contributed by atoms with E-state index in [1.807, 2.05) is 0 Å². The van der Waals surface area contributed by atoms with E-state index in [-0.39, 0.29) is 253 Å². The van der Waals surface area contributed by atoms with E-state index in [1.165, 1.54) is 0 Å². The van der Waals surface area contributed by atoms with Crippen LogP contribution in [0, 0.1) is 31.1 Å². The van der Waals surface area contributed by atoms with E-state index in [0.717, 1.165) is 0 Å². The molecule has 0 bridgehead atoms. The van der Waals surface area contributed by atoms with Crippen molar-refractivity contribution in [2.75, 3.05) is 0 Å². The van der Waals surface area contributed by atoms with Crippen molar-refractivity contribution in [3.63, 3.8) is 0 Å². The smallest absolute Gasteiger partial charge is 2.00 e. The van der Waals surface area contributed by atoms with E-state index in [4.69, 9.17) is 0 Å². The molecule has 0 atom stereocenters. The predicted octanol–water partition coefficient (Wildman–Crippen LogP) is -7.00. The Morgan fingerprint density at radius 2 is 0.455 bits per heavy atom. The van der Waals surface area contributed by atoms with Crippen LogP contribution in [0.2, 0.25) is 0 Å². The van der Waals surface area contributed by atoms with E-state index in [0.29, 0.717) is 0 Å². The molecule has 2 nitrogen and oxygen atoms in total. The number of hydrogen-bond donors (Lipinski definition) is 0. The average Bonchev–Trinajstić information content (AvgIpc) is 0. The minimum Gasteiger partial charge on any atom is -2.00 e. The van der Waals surface area contributed by atoms with Gasteiger partial charge in [0.15, 0.2) is 0 Å². The molecular weight excluding hydrogens is 719 g/mol. The summed E-state index contributed by atoms with van der Waals surface area (Å²) in [5.74, 6) is 0. The second-order valence-electron chi connectivity index (χ2n) is 0. The zero-order valence-electron chi connectivity index (χ0n) is 6.36. The summed E-state index contributed by atoms with van der Waals surface area (Å²) in [6.07, 6.45) is 0. The van der Waals surface area contributed by atoms with Crippen LogP contribution < -0.4 is 59.1 Å². The summed E-state index contributed by atoms with van der Waals surface area (Å²) in [5.41, 5.74) is 0. The van der Waals surface area contributed by atoms with Gasteiger partial charge >= 0.3 is 157 Å². The van der Waals surface area contributed by atoms with Gasteiger partial charge in [-0.25, -0.2) is 0 Å². The van der Waals surface area contributed by atoms with E-state index in [1.54, 1.807) is 0 Å². The molecule has 0 aromatic carbocycles. The Morgan fingerprint density at radius 1 is 0.455 bits per heavy atom. The molecule has 0 unspecified atom stereocenters. The monoisotopic (exact) mass is 720 g/mol. The molecule has 0 saturated heterocycles. The first-order valence-electron chi connectivity index (χ1n) is 0. The topological polar surface area (TPSA) is 57.0 Å². The van der Waals surface area contributed by atoms with Gasteiger partial charge in [-0.3, -0.25) is 0 Å². The van der Waals surface area contributed by atoms with Crippen molar-refractivity contribution >= 4 is 152 Å². The molecule has 0 aromatic heterocycles. The third kappa shape index (κ3) is 74.7. The summed E-state index contributed by atoms with van der Waals surface area (Å²) in [4.78, 5) is 0. The second-order valence-corrected chi connectivity index (χ2v) is 0. The number of hydrogen-bond acceptors (Lipinski definition) is 0. The average molecular weight is 719 g/mol. The van der Waals surface area contributed by atoms with Crippen molar-refractivity contribution in [3.8, 4) is 0 Å². The van der Waals surface area contributed by atoms with Crippen LogP contribution in [0.3, 0.4) is 0 Å². The van der Waals surface area contributed by atoms with Gasteiger partial charge in [-0.1, -0.05) is 0 Å². The van der Waals surface area contributed by atoms with Crippen LogP contribution in [0.5, 0.6) is 0 Å². The van der Waals surface area contributed by atoms with Gasteiger partial charge < -0.3 is 64.9 Å². The van der Waals surface area contributed by atoms with Crippen molar-refractivity contribution in [1.29, 1.82) is 0 Å². The quantitative estimate of drug-likeness (QED) is 0.224. The Bertz CT molecular complexity index is 24.1. The largest absolute Gasteiger partial charge is 2.00 e. The fourth-order valence-electron chi connectivity index (χ4n) is 0. The Morgan fingerprint density at radius 3 is 0.455 bits per heavy atom. The molecule has 0 N–H and O–H groups in total. The zero-order chi connectivity index (χ0) is 0. The van der Waals surface area contributed by atoms with E-state index in [9.17, 15) is 0 Å². The maximum atomic E-state index is 0. The van der Waals surface area contributed by atoms with Crippen LogP contribution in [-0.4, -0.2) is 97.8 Å². The SMILES string of the molecule is [Ba+2].[Ba+2].[Na+].[Na+].[O-2].[O-2].[S-2].[S-2].[S-2].[S-2].[U]. The van der Waals surface area contributed by atoms with Crippen molar-refractivity contribution < 1.29 is 101 Å². The van der Waals surface area contributed by atoms with Crippen molar-refractivity contribution in [2.45, 2.75) is 0 Å². The molecular formula is Ba2Na2O2S4U-6. The van der Waals surface area contributed by atoms with E-state index in [2.05, 4.69) is 0 Å². The molecule has 0 saturated carbocycles.